The smallest absolute Gasteiger partial charge is 0.170 e. The summed E-state index contributed by atoms with van der Waals surface area (Å²) in [5, 5.41) is 9.18. The van der Waals surface area contributed by atoms with Crippen molar-refractivity contribution in [2.24, 2.45) is 5.73 Å². The highest BCUT2D eigenvalue weighted by molar-refractivity contribution is 5.26. The van der Waals surface area contributed by atoms with E-state index in [1.54, 1.807) is 12.1 Å². The van der Waals surface area contributed by atoms with Crippen molar-refractivity contribution in [2.75, 3.05) is 13.2 Å². The number of hydrogen-bond donors (Lipinski definition) is 2. The van der Waals surface area contributed by atoms with Crippen LogP contribution in [0.4, 0.5) is 0 Å². The summed E-state index contributed by atoms with van der Waals surface area (Å²) in [4.78, 5) is 0. The Hall–Kier alpha value is -1.10. The van der Waals surface area contributed by atoms with Gasteiger partial charge < -0.3 is 20.3 Å². The maximum atomic E-state index is 9.18. The van der Waals surface area contributed by atoms with Gasteiger partial charge in [-0.15, -0.1) is 0 Å². The van der Waals surface area contributed by atoms with Gasteiger partial charge in [0.2, 0.25) is 0 Å². The molecule has 4 nitrogen and oxygen atoms in total. The van der Waals surface area contributed by atoms with Crippen molar-refractivity contribution in [1.82, 2.24) is 0 Å². The van der Waals surface area contributed by atoms with Crippen LogP contribution in [0.25, 0.3) is 0 Å². The minimum Gasteiger partial charge on any atom is -0.508 e. The minimum absolute atomic E-state index is 0.0119. The second kappa shape index (κ2) is 4.41. The molecule has 0 saturated carbocycles. The van der Waals surface area contributed by atoms with Gasteiger partial charge in [0.25, 0.3) is 0 Å². The van der Waals surface area contributed by atoms with E-state index >= 15 is 0 Å². The van der Waals surface area contributed by atoms with Crippen LogP contribution in [0, 0.1) is 0 Å². The Kier molecular flexibility index (Phi) is 3.14. The summed E-state index contributed by atoms with van der Waals surface area (Å²) in [6.45, 7) is 2.94. The number of ether oxygens (including phenoxy) is 2. The van der Waals surface area contributed by atoms with Crippen LogP contribution in [0.15, 0.2) is 24.3 Å². The first kappa shape index (κ1) is 11.4. The first-order chi connectivity index (χ1) is 7.61. The maximum Gasteiger partial charge on any atom is 0.170 e. The molecule has 0 radical (unpaired) electrons. The summed E-state index contributed by atoms with van der Waals surface area (Å²) >= 11 is 0. The Morgan fingerprint density at radius 3 is 2.69 bits per heavy atom. The van der Waals surface area contributed by atoms with Crippen LogP contribution in [0.5, 0.6) is 5.75 Å². The molecule has 16 heavy (non-hydrogen) atoms. The third-order valence-electron chi connectivity index (χ3n) is 2.71. The van der Waals surface area contributed by atoms with Gasteiger partial charge in [-0.05, 0) is 24.6 Å². The molecule has 0 amide bonds. The third-order valence-corrected chi connectivity index (χ3v) is 2.71. The fourth-order valence-corrected chi connectivity index (χ4v) is 1.88. The van der Waals surface area contributed by atoms with Gasteiger partial charge >= 0.3 is 0 Å². The largest absolute Gasteiger partial charge is 0.508 e. The lowest BCUT2D eigenvalue weighted by atomic mass is 10.1. The summed E-state index contributed by atoms with van der Waals surface area (Å²) in [7, 11) is 0. The second-order valence-electron chi connectivity index (χ2n) is 4.26. The summed E-state index contributed by atoms with van der Waals surface area (Å²) in [5.41, 5.74) is 6.60. The number of aromatic hydroxyl groups is 1. The fourth-order valence-electron chi connectivity index (χ4n) is 1.88. The summed E-state index contributed by atoms with van der Waals surface area (Å²) in [5.74, 6) is -0.330. The van der Waals surface area contributed by atoms with Crippen LogP contribution in [0.2, 0.25) is 0 Å². The number of phenolic OH excluding ortho intramolecular Hbond substituents is 1. The highest BCUT2D eigenvalue weighted by atomic mass is 16.7. The summed E-state index contributed by atoms with van der Waals surface area (Å²) < 4.78 is 11.3. The molecule has 0 bridgehead atoms. The van der Waals surface area contributed by atoms with Crippen molar-refractivity contribution in [3.63, 3.8) is 0 Å². The van der Waals surface area contributed by atoms with E-state index in [2.05, 4.69) is 0 Å². The molecule has 1 aliphatic heterocycles. The molecule has 0 aromatic heterocycles. The van der Waals surface area contributed by atoms with Gasteiger partial charge in [-0.1, -0.05) is 12.1 Å². The highest BCUT2D eigenvalue weighted by Gasteiger charge is 2.36. The zero-order valence-electron chi connectivity index (χ0n) is 9.35. The topological polar surface area (TPSA) is 64.7 Å². The minimum atomic E-state index is -0.596. The summed E-state index contributed by atoms with van der Waals surface area (Å²) in [6.07, 6.45) is 0.645. The van der Waals surface area contributed by atoms with Gasteiger partial charge in [0, 0.05) is 13.0 Å². The molecular weight excluding hydrogens is 206 g/mol. The van der Waals surface area contributed by atoms with Crippen molar-refractivity contribution in [3.8, 4) is 5.75 Å². The van der Waals surface area contributed by atoms with Crippen molar-refractivity contribution >= 4 is 0 Å². The van der Waals surface area contributed by atoms with Gasteiger partial charge in [-0.2, -0.15) is 0 Å². The van der Waals surface area contributed by atoms with Gasteiger partial charge in [0.05, 0.1) is 12.7 Å². The van der Waals surface area contributed by atoms with E-state index in [0.29, 0.717) is 19.6 Å². The third kappa shape index (κ3) is 2.52. The van der Waals surface area contributed by atoms with E-state index in [4.69, 9.17) is 15.2 Å². The number of rotatable bonds is 3. The molecule has 1 fully saturated rings. The normalized spacial score (nSPS) is 29.5. The Morgan fingerprint density at radius 2 is 2.12 bits per heavy atom. The first-order valence-corrected chi connectivity index (χ1v) is 5.41. The van der Waals surface area contributed by atoms with Crippen LogP contribution >= 0.6 is 0 Å². The van der Waals surface area contributed by atoms with E-state index < -0.39 is 5.79 Å². The molecule has 0 spiro atoms. The second-order valence-corrected chi connectivity index (χ2v) is 4.26. The molecule has 3 N–H and O–H groups in total. The molecule has 4 heteroatoms. The van der Waals surface area contributed by atoms with Crippen molar-refractivity contribution in [1.29, 1.82) is 0 Å². The van der Waals surface area contributed by atoms with Crippen LogP contribution in [0.1, 0.15) is 12.5 Å². The Morgan fingerprint density at radius 1 is 1.44 bits per heavy atom. The SMILES string of the molecule is CC1(Cc2ccc(O)cc2)OCC(CN)O1. The molecule has 1 heterocycles. The van der Waals surface area contributed by atoms with E-state index in [-0.39, 0.29) is 11.9 Å². The van der Waals surface area contributed by atoms with Crippen LogP contribution in [0.3, 0.4) is 0 Å². The van der Waals surface area contributed by atoms with E-state index in [0.717, 1.165) is 5.56 Å². The van der Waals surface area contributed by atoms with Gasteiger partial charge in [-0.3, -0.25) is 0 Å². The molecule has 1 aliphatic rings. The fraction of sp³-hybridized carbons (Fsp3) is 0.500. The van der Waals surface area contributed by atoms with Gasteiger partial charge in [0.1, 0.15) is 5.75 Å². The molecule has 1 aromatic rings. The predicted octanol–water partition coefficient (Wildman–Crippen LogP) is 1.02. The molecule has 2 unspecified atom stereocenters. The van der Waals surface area contributed by atoms with Gasteiger partial charge in [-0.25, -0.2) is 0 Å². The van der Waals surface area contributed by atoms with Crippen molar-refractivity contribution in [3.05, 3.63) is 29.8 Å². The average Bonchev–Trinajstić information content (AvgIpc) is 2.64. The zero-order valence-corrected chi connectivity index (χ0v) is 9.35. The maximum absolute atomic E-state index is 9.18. The van der Waals surface area contributed by atoms with Crippen LogP contribution < -0.4 is 5.73 Å². The number of nitrogens with two attached hydrogens (primary N) is 1. The number of hydrogen-bond acceptors (Lipinski definition) is 4. The molecule has 0 aliphatic carbocycles. The molecule has 1 aromatic carbocycles. The van der Waals surface area contributed by atoms with E-state index in [9.17, 15) is 5.11 Å². The van der Waals surface area contributed by atoms with Crippen LogP contribution in [-0.2, 0) is 15.9 Å². The zero-order chi connectivity index (χ0) is 11.6. The lowest BCUT2D eigenvalue weighted by molar-refractivity contribution is -0.151. The van der Waals surface area contributed by atoms with Gasteiger partial charge in [0.15, 0.2) is 5.79 Å². The Bertz CT molecular complexity index is 352. The van der Waals surface area contributed by atoms with Crippen LogP contribution in [-0.4, -0.2) is 30.1 Å². The standard InChI is InChI=1S/C12H17NO3/c1-12(15-8-11(7-13)16-12)6-9-2-4-10(14)5-3-9/h2-5,11,14H,6-8,13H2,1H3. The predicted molar refractivity (Wildman–Crippen MR) is 60.1 cm³/mol. The number of benzene rings is 1. The Balaban J connectivity index is 2.01. The lowest BCUT2D eigenvalue weighted by Gasteiger charge is -2.23. The molecule has 88 valence electrons. The monoisotopic (exact) mass is 223 g/mol. The quantitative estimate of drug-likeness (QED) is 0.803. The van der Waals surface area contributed by atoms with Crippen molar-refractivity contribution in [2.45, 2.75) is 25.2 Å². The summed E-state index contributed by atoms with van der Waals surface area (Å²) in [6, 6.07) is 7.05. The lowest BCUT2D eigenvalue weighted by Crippen LogP contribution is -2.31. The highest BCUT2D eigenvalue weighted by Crippen LogP contribution is 2.27. The number of phenols is 1. The van der Waals surface area contributed by atoms with Crippen molar-refractivity contribution < 1.29 is 14.6 Å². The molecule has 2 rings (SSSR count). The van der Waals surface area contributed by atoms with E-state index in [1.807, 2.05) is 19.1 Å². The average molecular weight is 223 g/mol. The first-order valence-electron chi connectivity index (χ1n) is 5.41. The molecule has 2 atom stereocenters. The van der Waals surface area contributed by atoms with E-state index in [1.165, 1.54) is 0 Å². The Labute approximate surface area is 95.0 Å². The molecule has 1 saturated heterocycles. The molecular formula is C12H17NO3.